The molecule has 0 fully saturated rings. The fourth-order valence-electron chi connectivity index (χ4n) is 2.10. The topological polar surface area (TPSA) is 57.1 Å². The standard InChI is InChI=1S/C18H21NO4/c1-13(2)19-22-12-16(23-14(3)20)11-21-18-10-6-8-15-7-4-5-9-17(15)18/h4-10,16H,11-12H2,1-3H3/t16-/m1/s1. The molecular formula is C18H21NO4. The molecule has 5 heteroatoms. The highest BCUT2D eigenvalue weighted by atomic mass is 16.7. The maximum atomic E-state index is 11.2. The van der Waals surface area contributed by atoms with E-state index in [0.717, 1.165) is 22.2 Å². The van der Waals surface area contributed by atoms with Crippen LogP contribution in [0.2, 0.25) is 0 Å². The lowest BCUT2D eigenvalue weighted by Gasteiger charge is -2.17. The molecule has 0 radical (unpaired) electrons. The minimum absolute atomic E-state index is 0.148. The predicted octanol–water partition coefficient (Wildman–Crippen LogP) is 3.56. The molecular weight excluding hydrogens is 294 g/mol. The summed E-state index contributed by atoms with van der Waals surface area (Å²) < 4.78 is 11.0. The molecule has 0 aromatic heterocycles. The van der Waals surface area contributed by atoms with Gasteiger partial charge < -0.3 is 14.3 Å². The van der Waals surface area contributed by atoms with E-state index in [2.05, 4.69) is 5.16 Å². The van der Waals surface area contributed by atoms with Gasteiger partial charge in [0, 0.05) is 12.3 Å². The first-order valence-electron chi connectivity index (χ1n) is 7.47. The number of carbonyl (C=O) groups excluding carboxylic acids is 1. The molecule has 1 atom stereocenters. The molecule has 0 saturated heterocycles. The number of hydrogen-bond acceptors (Lipinski definition) is 5. The second-order valence-corrected chi connectivity index (χ2v) is 5.35. The second kappa shape index (κ2) is 8.17. The molecule has 23 heavy (non-hydrogen) atoms. The first kappa shape index (κ1) is 16.8. The summed E-state index contributed by atoms with van der Waals surface area (Å²) in [4.78, 5) is 16.4. The summed E-state index contributed by atoms with van der Waals surface area (Å²) in [6, 6.07) is 13.8. The van der Waals surface area contributed by atoms with E-state index in [-0.39, 0.29) is 19.2 Å². The molecule has 0 bridgehead atoms. The summed E-state index contributed by atoms with van der Waals surface area (Å²) in [5, 5.41) is 5.95. The summed E-state index contributed by atoms with van der Waals surface area (Å²) in [6.07, 6.45) is -0.519. The summed E-state index contributed by atoms with van der Waals surface area (Å²) >= 11 is 0. The number of nitrogens with zero attached hydrogens (tertiary/aromatic N) is 1. The Morgan fingerprint density at radius 1 is 1.04 bits per heavy atom. The number of oxime groups is 1. The first-order chi connectivity index (χ1) is 11.1. The zero-order chi connectivity index (χ0) is 16.7. The molecule has 0 saturated carbocycles. The van der Waals surface area contributed by atoms with Gasteiger partial charge in [0.1, 0.15) is 12.4 Å². The molecule has 5 nitrogen and oxygen atoms in total. The highest BCUT2D eigenvalue weighted by Gasteiger charge is 2.15. The van der Waals surface area contributed by atoms with Crippen LogP contribution in [0.5, 0.6) is 5.75 Å². The van der Waals surface area contributed by atoms with Gasteiger partial charge in [-0.25, -0.2) is 0 Å². The fourth-order valence-corrected chi connectivity index (χ4v) is 2.10. The van der Waals surface area contributed by atoms with Crippen molar-refractivity contribution in [2.75, 3.05) is 13.2 Å². The molecule has 0 spiro atoms. The average molecular weight is 315 g/mol. The van der Waals surface area contributed by atoms with Crippen molar-refractivity contribution in [1.29, 1.82) is 0 Å². The predicted molar refractivity (Wildman–Crippen MR) is 89.7 cm³/mol. The Hall–Kier alpha value is -2.56. The van der Waals surface area contributed by atoms with Gasteiger partial charge in [-0.15, -0.1) is 0 Å². The fraction of sp³-hybridized carbons (Fsp3) is 0.333. The number of esters is 1. The van der Waals surface area contributed by atoms with Crippen LogP contribution in [-0.4, -0.2) is 31.0 Å². The second-order valence-electron chi connectivity index (χ2n) is 5.35. The molecule has 2 rings (SSSR count). The van der Waals surface area contributed by atoms with Crippen molar-refractivity contribution < 1.29 is 19.1 Å². The highest BCUT2D eigenvalue weighted by molar-refractivity contribution is 5.88. The van der Waals surface area contributed by atoms with Crippen LogP contribution in [0.15, 0.2) is 47.6 Å². The summed E-state index contributed by atoms with van der Waals surface area (Å²) in [6.45, 7) is 5.36. The molecule has 2 aromatic rings. The van der Waals surface area contributed by atoms with Crippen LogP contribution in [0.1, 0.15) is 20.8 Å². The van der Waals surface area contributed by atoms with E-state index in [1.54, 1.807) is 0 Å². The Labute approximate surface area is 135 Å². The number of hydrogen-bond donors (Lipinski definition) is 0. The minimum Gasteiger partial charge on any atom is -0.489 e. The molecule has 2 aromatic carbocycles. The van der Waals surface area contributed by atoms with Gasteiger partial charge in [0.25, 0.3) is 0 Å². The molecule has 0 aliphatic carbocycles. The van der Waals surface area contributed by atoms with Gasteiger partial charge in [-0.05, 0) is 25.3 Å². The maximum absolute atomic E-state index is 11.2. The lowest BCUT2D eigenvalue weighted by Crippen LogP contribution is -2.28. The normalized spacial score (nSPS) is 11.6. The van der Waals surface area contributed by atoms with Crippen LogP contribution >= 0.6 is 0 Å². The Morgan fingerprint density at radius 3 is 2.52 bits per heavy atom. The number of ether oxygens (including phenoxy) is 2. The molecule has 0 N–H and O–H groups in total. The van der Waals surface area contributed by atoms with E-state index in [1.807, 2.05) is 56.3 Å². The van der Waals surface area contributed by atoms with Gasteiger partial charge in [-0.2, -0.15) is 0 Å². The van der Waals surface area contributed by atoms with E-state index < -0.39 is 6.10 Å². The van der Waals surface area contributed by atoms with E-state index in [1.165, 1.54) is 6.92 Å². The number of rotatable bonds is 7. The number of carbonyl (C=O) groups is 1. The largest absolute Gasteiger partial charge is 0.489 e. The van der Waals surface area contributed by atoms with Crippen LogP contribution in [0, 0.1) is 0 Å². The van der Waals surface area contributed by atoms with Crippen LogP contribution in [0.4, 0.5) is 0 Å². The third kappa shape index (κ3) is 5.29. The van der Waals surface area contributed by atoms with E-state index in [9.17, 15) is 4.79 Å². The quantitative estimate of drug-likeness (QED) is 0.445. The van der Waals surface area contributed by atoms with Crippen molar-refractivity contribution in [3.8, 4) is 5.75 Å². The SMILES string of the molecule is CC(=O)O[C@@H](CON=C(C)C)COc1cccc2ccccc12. The van der Waals surface area contributed by atoms with Gasteiger partial charge in [-0.3, -0.25) is 4.79 Å². The van der Waals surface area contributed by atoms with Gasteiger partial charge in [0.15, 0.2) is 12.7 Å². The number of benzene rings is 2. The Bertz CT molecular complexity index is 687. The number of fused-ring (bicyclic) bond motifs is 1. The monoisotopic (exact) mass is 315 g/mol. The van der Waals surface area contributed by atoms with Gasteiger partial charge >= 0.3 is 5.97 Å². The Kier molecular flexibility index (Phi) is 5.97. The lowest BCUT2D eigenvalue weighted by atomic mass is 10.1. The molecule has 0 aliphatic heterocycles. The smallest absolute Gasteiger partial charge is 0.303 e. The van der Waals surface area contributed by atoms with E-state index in [0.29, 0.717) is 0 Å². The van der Waals surface area contributed by atoms with Crippen molar-refractivity contribution in [3.63, 3.8) is 0 Å². The van der Waals surface area contributed by atoms with Crippen LogP contribution in [0.25, 0.3) is 10.8 Å². The summed E-state index contributed by atoms with van der Waals surface area (Å²) in [7, 11) is 0. The van der Waals surface area contributed by atoms with Crippen LogP contribution in [0.3, 0.4) is 0 Å². The minimum atomic E-state index is -0.519. The summed E-state index contributed by atoms with van der Waals surface area (Å²) in [5.74, 6) is 0.368. The highest BCUT2D eigenvalue weighted by Crippen LogP contribution is 2.25. The third-order valence-electron chi connectivity index (χ3n) is 3.01. The first-order valence-corrected chi connectivity index (χ1v) is 7.47. The summed E-state index contributed by atoms with van der Waals surface area (Å²) in [5.41, 5.74) is 0.793. The molecule has 0 aliphatic rings. The van der Waals surface area contributed by atoms with Gasteiger partial charge in [0.05, 0.1) is 5.71 Å². The average Bonchev–Trinajstić information content (AvgIpc) is 2.51. The van der Waals surface area contributed by atoms with Crippen LogP contribution < -0.4 is 4.74 Å². The molecule has 0 unspecified atom stereocenters. The van der Waals surface area contributed by atoms with Gasteiger partial charge in [-0.1, -0.05) is 41.6 Å². The molecule has 122 valence electrons. The van der Waals surface area contributed by atoms with Crippen molar-refractivity contribution in [2.24, 2.45) is 5.16 Å². The van der Waals surface area contributed by atoms with E-state index >= 15 is 0 Å². The zero-order valence-electron chi connectivity index (χ0n) is 13.6. The molecule has 0 heterocycles. The van der Waals surface area contributed by atoms with Gasteiger partial charge in [0.2, 0.25) is 0 Å². The third-order valence-corrected chi connectivity index (χ3v) is 3.01. The van der Waals surface area contributed by atoms with Crippen molar-refractivity contribution in [3.05, 3.63) is 42.5 Å². The van der Waals surface area contributed by atoms with Crippen molar-refractivity contribution in [2.45, 2.75) is 26.9 Å². The zero-order valence-corrected chi connectivity index (χ0v) is 13.6. The maximum Gasteiger partial charge on any atom is 0.303 e. The molecule has 0 amide bonds. The van der Waals surface area contributed by atoms with Crippen molar-refractivity contribution >= 4 is 22.5 Å². The lowest BCUT2D eigenvalue weighted by molar-refractivity contribution is -0.151. The van der Waals surface area contributed by atoms with Crippen molar-refractivity contribution in [1.82, 2.24) is 0 Å². The van der Waals surface area contributed by atoms with E-state index in [4.69, 9.17) is 14.3 Å². The Morgan fingerprint density at radius 2 is 1.78 bits per heavy atom. The Balaban J connectivity index is 2.04. The van der Waals surface area contributed by atoms with Crippen LogP contribution in [-0.2, 0) is 14.4 Å².